The lowest BCUT2D eigenvalue weighted by molar-refractivity contribution is 0.352. The van der Waals surface area contributed by atoms with E-state index in [4.69, 9.17) is 0 Å². The summed E-state index contributed by atoms with van der Waals surface area (Å²) in [7, 11) is 0. The lowest BCUT2D eigenvalue weighted by Gasteiger charge is -2.13. The molecule has 0 unspecified atom stereocenters. The fraction of sp³-hybridized carbons (Fsp3) is 0.750. The minimum Gasteiger partial charge on any atom is -0.359 e. The van der Waals surface area contributed by atoms with Crippen LogP contribution in [0.15, 0.2) is 6.33 Å². The SMILES string of the molecule is c1nsc(NCCN2CCCC2)n1. The van der Waals surface area contributed by atoms with Crippen molar-refractivity contribution in [2.45, 2.75) is 12.8 Å². The number of hydrogen-bond acceptors (Lipinski definition) is 5. The Balaban J connectivity index is 1.63. The van der Waals surface area contributed by atoms with Gasteiger partial charge in [0.15, 0.2) is 0 Å². The largest absolute Gasteiger partial charge is 0.359 e. The van der Waals surface area contributed by atoms with Crippen LogP contribution in [0.3, 0.4) is 0 Å². The summed E-state index contributed by atoms with van der Waals surface area (Å²) in [4.78, 5) is 6.54. The number of hydrogen-bond donors (Lipinski definition) is 1. The lowest BCUT2D eigenvalue weighted by atomic mass is 10.4. The maximum absolute atomic E-state index is 4.06. The van der Waals surface area contributed by atoms with Gasteiger partial charge in [-0.15, -0.1) is 0 Å². The molecule has 0 amide bonds. The Kier molecular flexibility index (Phi) is 3.10. The summed E-state index contributed by atoms with van der Waals surface area (Å²) in [6.07, 6.45) is 4.31. The second kappa shape index (κ2) is 4.53. The first kappa shape index (κ1) is 8.90. The van der Waals surface area contributed by atoms with Crippen molar-refractivity contribution in [3.8, 4) is 0 Å². The van der Waals surface area contributed by atoms with Crippen LogP contribution in [0.1, 0.15) is 12.8 Å². The molecular formula is C8H14N4S. The van der Waals surface area contributed by atoms with E-state index in [0.717, 1.165) is 18.2 Å². The Bertz CT molecular complexity index is 230. The molecule has 0 radical (unpaired) electrons. The van der Waals surface area contributed by atoms with Gasteiger partial charge < -0.3 is 10.2 Å². The molecule has 1 fully saturated rings. The van der Waals surface area contributed by atoms with Crippen molar-refractivity contribution in [1.29, 1.82) is 0 Å². The van der Waals surface area contributed by atoms with Gasteiger partial charge in [-0.3, -0.25) is 0 Å². The van der Waals surface area contributed by atoms with Crippen LogP contribution in [0, 0.1) is 0 Å². The van der Waals surface area contributed by atoms with Crippen LogP contribution < -0.4 is 5.32 Å². The second-order valence-electron chi connectivity index (χ2n) is 3.22. The van der Waals surface area contributed by atoms with Gasteiger partial charge in [0.25, 0.3) is 0 Å². The number of anilines is 1. The number of rotatable bonds is 4. The van der Waals surface area contributed by atoms with Crippen molar-refractivity contribution in [3.05, 3.63) is 6.33 Å². The van der Waals surface area contributed by atoms with E-state index in [0.29, 0.717) is 0 Å². The third-order valence-corrected chi connectivity index (χ3v) is 2.89. The summed E-state index contributed by atoms with van der Waals surface area (Å²) >= 11 is 1.41. The van der Waals surface area contributed by atoms with Gasteiger partial charge in [0.1, 0.15) is 6.33 Å². The van der Waals surface area contributed by atoms with Crippen LogP contribution in [0.5, 0.6) is 0 Å². The normalized spacial score (nSPS) is 17.8. The molecule has 1 saturated heterocycles. The fourth-order valence-electron chi connectivity index (χ4n) is 1.58. The average Bonchev–Trinajstić information content (AvgIpc) is 2.75. The number of aromatic nitrogens is 2. The predicted molar refractivity (Wildman–Crippen MR) is 54.1 cm³/mol. The zero-order chi connectivity index (χ0) is 8.93. The minimum absolute atomic E-state index is 0.930. The van der Waals surface area contributed by atoms with E-state index < -0.39 is 0 Å². The van der Waals surface area contributed by atoms with Gasteiger partial charge in [0.05, 0.1) is 0 Å². The van der Waals surface area contributed by atoms with Crippen molar-refractivity contribution < 1.29 is 0 Å². The van der Waals surface area contributed by atoms with E-state index >= 15 is 0 Å². The van der Waals surface area contributed by atoms with E-state index in [2.05, 4.69) is 19.6 Å². The quantitative estimate of drug-likeness (QED) is 0.785. The van der Waals surface area contributed by atoms with Crippen LogP contribution in [0.4, 0.5) is 5.13 Å². The molecule has 0 aromatic carbocycles. The first-order valence-corrected chi connectivity index (χ1v) is 5.45. The molecule has 1 N–H and O–H groups in total. The minimum atomic E-state index is 0.930. The maximum Gasteiger partial charge on any atom is 0.202 e. The highest BCUT2D eigenvalue weighted by atomic mass is 32.1. The highest BCUT2D eigenvalue weighted by Gasteiger charge is 2.10. The summed E-state index contributed by atoms with van der Waals surface area (Å²) < 4.78 is 3.93. The summed E-state index contributed by atoms with van der Waals surface area (Å²) in [5, 5.41) is 4.18. The number of nitrogens with zero attached hydrogens (tertiary/aromatic N) is 3. The topological polar surface area (TPSA) is 41.1 Å². The Morgan fingerprint density at radius 3 is 3.00 bits per heavy atom. The van der Waals surface area contributed by atoms with Crippen molar-refractivity contribution in [2.75, 3.05) is 31.5 Å². The first-order valence-electron chi connectivity index (χ1n) is 4.68. The van der Waals surface area contributed by atoms with Crippen molar-refractivity contribution in [1.82, 2.24) is 14.3 Å². The molecule has 13 heavy (non-hydrogen) atoms. The highest BCUT2D eigenvalue weighted by Crippen LogP contribution is 2.08. The Morgan fingerprint density at radius 1 is 1.46 bits per heavy atom. The monoisotopic (exact) mass is 198 g/mol. The van der Waals surface area contributed by atoms with Crippen LogP contribution in [0.25, 0.3) is 0 Å². The molecule has 2 heterocycles. The van der Waals surface area contributed by atoms with Gasteiger partial charge in [-0.2, -0.15) is 4.37 Å². The molecule has 0 atom stereocenters. The molecule has 5 heteroatoms. The zero-order valence-corrected chi connectivity index (χ0v) is 8.39. The van der Waals surface area contributed by atoms with E-state index in [1.165, 1.54) is 37.5 Å². The van der Waals surface area contributed by atoms with Crippen LogP contribution in [-0.2, 0) is 0 Å². The van der Waals surface area contributed by atoms with Gasteiger partial charge in [0.2, 0.25) is 5.13 Å². The Labute approximate surface area is 82.1 Å². The third-order valence-electron chi connectivity index (χ3n) is 2.26. The maximum atomic E-state index is 4.06. The summed E-state index contributed by atoms with van der Waals surface area (Å²) in [6.45, 7) is 4.63. The van der Waals surface area contributed by atoms with E-state index in [9.17, 15) is 0 Å². The summed E-state index contributed by atoms with van der Waals surface area (Å²) in [5.41, 5.74) is 0. The molecule has 72 valence electrons. The molecule has 0 aliphatic carbocycles. The molecular weight excluding hydrogens is 184 g/mol. The van der Waals surface area contributed by atoms with Gasteiger partial charge in [0, 0.05) is 24.6 Å². The molecule has 2 rings (SSSR count). The fourth-order valence-corrected chi connectivity index (χ4v) is 2.03. The predicted octanol–water partition coefficient (Wildman–Crippen LogP) is 1.05. The van der Waals surface area contributed by atoms with Crippen molar-refractivity contribution >= 4 is 16.7 Å². The Hall–Kier alpha value is -0.680. The molecule has 1 aromatic heterocycles. The number of nitrogens with one attached hydrogen (secondary N) is 1. The Morgan fingerprint density at radius 2 is 2.31 bits per heavy atom. The molecule has 0 spiro atoms. The molecule has 1 aliphatic rings. The van der Waals surface area contributed by atoms with E-state index in [-0.39, 0.29) is 0 Å². The average molecular weight is 198 g/mol. The van der Waals surface area contributed by atoms with Crippen LogP contribution in [-0.4, -0.2) is 40.4 Å². The molecule has 1 aliphatic heterocycles. The van der Waals surface area contributed by atoms with Crippen LogP contribution in [0.2, 0.25) is 0 Å². The third kappa shape index (κ3) is 2.63. The second-order valence-corrected chi connectivity index (χ2v) is 4.00. The smallest absolute Gasteiger partial charge is 0.202 e. The molecule has 0 bridgehead atoms. The van der Waals surface area contributed by atoms with E-state index in [1.807, 2.05) is 0 Å². The van der Waals surface area contributed by atoms with Gasteiger partial charge in [-0.05, 0) is 25.9 Å². The zero-order valence-electron chi connectivity index (χ0n) is 7.57. The van der Waals surface area contributed by atoms with Crippen molar-refractivity contribution in [3.63, 3.8) is 0 Å². The van der Waals surface area contributed by atoms with Gasteiger partial charge in [-0.1, -0.05) is 0 Å². The van der Waals surface area contributed by atoms with Crippen LogP contribution >= 0.6 is 11.5 Å². The number of likely N-dealkylation sites (tertiary alicyclic amines) is 1. The molecule has 0 saturated carbocycles. The lowest BCUT2D eigenvalue weighted by Crippen LogP contribution is -2.25. The van der Waals surface area contributed by atoms with Crippen molar-refractivity contribution in [2.24, 2.45) is 0 Å². The van der Waals surface area contributed by atoms with Gasteiger partial charge >= 0.3 is 0 Å². The van der Waals surface area contributed by atoms with E-state index in [1.54, 1.807) is 6.33 Å². The standard InChI is InChI=1S/C8H14N4S/c1-2-5-12(4-1)6-3-9-8-10-7-11-13-8/h7H,1-6H2,(H,9,10,11). The summed E-state index contributed by atoms with van der Waals surface area (Å²) in [5.74, 6) is 0. The highest BCUT2D eigenvalue weighted by molar-refractivity contribution is 7.09. The first-order chi connectivity index (χ1) is 6.45. The summed E-state index contributed by atoms with van der Waals surface area (Å²) in [6, 6.07) is 0. The molecule has 4 nitrogen and oxygen atoms in total. The van der Waals surface area contributed by atoms with Gasteiger partial charge in [-0.25, -0.2) is 4.98 Å². The molecule has 1 aromatic rings.